The molecule has 3 rings (SSSR count). The highest BCUT2D eigenvalue weighted by Crippen LogP contribution is 2.26. The highest BCUT2D eigenvalue weighted by Gasteiger charge is 2.06. The van der Waals surface area contributed by atoms with Crippen LogP contribution in [0.3, 0.4) is 0 Å². The van der Waals surface area contributed by atoms with Crippen LogP contribution in [-0.2, 0) is 25.9 Å². The fraction of sp³-hybridized carbons (Fsp3) is 0.385. The van der Waals surface area contributed by atoms with E-state index in [0.29, 0.717) is 36.4 Å². The number of ether oxygens (including phenoxy) is 1. The number of nitrogens with zero attached hydrogens (tertiary/aromatic N) is 5. The third-order valence-corrected chi connectivity index (χ3v) is 6.90. The summed E-state index contributed by atoms with van der Waals surface area (Å²) in [6.07, 6.45) is 5.21. The molecular formula is C26H36Br2N8O2. The van der Waals surface area contributed by atoms with Crippen molar-refractivity contribution >= 4 is 31.9 Å². The first-order valence-corrected chi connectivity index (χ1v) is 13.9. The maximum atomic E-state index is 9.60. The second-order valence-electron chi connectivity index (χ2n) is 9.22. The van der Waals surface area contributed by atoms with Crippen molar-refractivity contribution in [2.24, 2.45) is 11.6 Å². The first kappa shape index (κ1) is 29.9. The number of phenolic OH excluding ortho intramolecular Hbond substituents is 1. The lowest BCUT2D eigenvalue weighted by Crippen LogP contribution is -2.30. The Labute approximate surface area is 240 Å². The maximum Gasteiger partial charge on any atom is 0.133 e. The van der Waals surface area contributed by atoms with E-state index in [1.165, 1.54) is 5.56 Å². The molecule has 206 valence electrons. The van der Waals surface area contributed by atoms with Gasteiger partial charge < -0.3 is 30.8 Å². The molecule has 1 heterocycles. The summed E-state index contributed by atoms with van der Waals surface area (Å²) in [5.74, 6) is 7.12. The zero-order chi connectivity index (χ0) is 27.5. The summed E-state index contributed by atoms with van der Waals surface area (Å²) in [6, 6.07) is 11.6. The average molecular weight is 652 g/mol. The quantitative estimate of drug-likeness (QED) is 0.145. The second kappa shape index (κ2) is 15.1. The number of likely N-dealkylation sites (N-methyl/N-ethyl adjacent to an activating group) is 1. The molecular weight excluding hydrogens is 616 g/mol. The van der Waals surface area contributed by atoms with Crippen LogP contribution in [0.1, 0.15) is 16.8 Å². The van der Waals surface area contributed by atoms with Crippen LogP contribution in [0.25, 0.3) is 0 Å². The summed E-state index contributed by atoms with van der Waals surface area (Å²) in [5, 5.41) is 22.9. The molecule has 0 atom stereocenters. The van der Waals surface area contributed by atoms with Gasteiger partial charge in [-0.3, -0.25) is 4.68 Å². The minimum atomic E-state index is 0.216. The van der Waals surface area contributed by atoms with E-state index in [9.17, 15) is 5.11 Å². The van der Waals surface area contributed by atoms with Crippen LogP contribution >= 0.6 is 31.9 Å². The molecule has 0 spiro atoms. The van der Waals surface area contributed by atoms with Gasteiger partial charge in [0.1, 0.15) is 18.1 Å². The zero-order valence-corrected chi connectivity index (χ0v) is 24.9. The molecule has 1 aromatic heterocycles. The molecule has 0 amide bonds. The van der Waals surface area contributed by atoms with Gasteiger partial charge in [0.05, 0.1) is 14.6 Å². The van der Waals surface area contributed by atoms with Gasteiger partial charge in [0.15, 0.2) is 0 Å². The molecule has 0 saturated carbocycles. The van der Waals surface area contributed by atoms with E-state index in [4.69, 9.17) is 16.3 Å². The number of halogens is 2. The van der Waals surface area contributed by atoms with Gasteiger partial charge in [-0.2, -0.15) is 0 Å². The maximum absolute atomic E-state index is 9.60. The van der Waals surface area contributed by atoms with Gasteiger partial charge in [-0.25, -0.2) is 5.84 Å². The molecule has 0 aliphatic heterocycles. The molecule has 0 fully saturated rings. The van der Waals surface area contributed by atoms with Crippen LogP contribution in [0.15, 0.2) is 63.4 Å². The molecule has 0 aliphatic rings. The van der Waals surface area contributed by atoms with Crippen molar-refractivity contribution in [3.63, 3.8) is 0 Å². The Hall–Kier alpha value is -2.64. The standard InChI is InChI=1S/C26H36Br2N8O2/c1-34(2)11-12-38-26-6-4-20(14-24(26)28)8-10-36-18-22(32-33-36)16-31-15-21(29)17-35(30)9-7-19-3-5-25(37)23(27)13-19/h3-6,13-14,17-18,31,37H,7-12,15-16,29-30H2,1-2H3/b21-17-. The number of nitrogens with one attached hydrogen (secondary N) is 1. The lowest BCUT2D eigenvalue weighted by atomic mass is 10.1. The van der Waals surface area contributed by atoms with E-state index < -0.39 is 0 Å². The second-order valence-corrected chi connectivity index (χ2v) is 10.9. The predicted molar refractivity (Wildman–Crippen MR) is 156 cm³/mol. The fourth-order valence-corrected chi connectivity index (χ4v) is 4.52. The number of aromatic hydroxyl groups is 1. The van der Waals surface area contributed by atoms with Crippen LogP contribution in [-0.4, -0.2) is 70.3 Å². The van der Waals surface area contributed by atoms with Crippen molar-refractivity contribution < 1.29 is 9.84 Å². The van der Waals surface area contributed by atoms with Gasteiger partial charge in [0.25, 0.3) is 0 Å². The fourth-order valence-electron chi connectivity index (χ4n) is 3.55. The highest BCUT2D eigenvalue weighted by atomic mass is 79.9. The predicted octanol–water partition coefficient (Wildman–Crippen LogP) is 3.00. The van der Waals surface area contributed by atoms with E-state index in [-0.39, 0.29) is 5.75 Å². The molecule has 0 unspecified atom stereocenters. The van der Waals surface area contributed by atoms with Gasteiger partial charge in [0, 0.05) is 50.8 Å². The van der Waals surface area contributed by atoms with Crippen molar-refractivity contribution in [1.29, 1.82) is 0 Å². The highest BCUT2D eigenvalue weighted by molar-refractivity contribution is 9.10. The summed E-state index contributed by atoms with van der Waals surface area (Å²) < 4.78 is 9.29. The Kier molecular flexibility index (Phi) is 11.9. The summed E-state index contributed by atoms with van der Waals surface area (Å²) in [4.78, 5) is 2.09. The van der Waals surface area contributed by atoms with Crippen molar-refractivity contribution in [3.05, 3.63) is 80.3 Å². The number of aryl methyl sites for hydroxylation is 2. The van der Waals surface area contributed by atoms with Gasteiger partial charge in [-0.05, 0) is 94.2 Å². The lowest BCUT2D eigenvalue weighted by Gasteiger charge is -2.15. The summed E-state index contributed by atoms with van der Waals surface area (Å²) >= 11 is 6.93. The summed E-state index contributed by atoms with van der Waals surface area (Å²) in [6.45, 7) is 3.85. The molecule has 12 heteroatoms. The van der Waals surface area contributed by atoms with Crippen molar-refractivity contribution in [3.8, 4) is 11.5 Å². The molecule has 0 bridgehead atoms. The number of benzene rings is 2. The van der Waals surface area contributed by atoms with E-state index in [1.807, 2.05) is 43.2 Å². The minimum absolute atomic E-state index is 0.216. The summed E-state index contributed by atoms with van der Waals surface area (Å²) in [5.41, 5.74) is 9.82. The van der Waals surface area contributed by atoms with Crippen molar-refractivity contribution in [1.82, 2.24) is 30.2 Å². The Morgan fingerprint density at radius 1 is 1.11 bits per heavy atom. The van der Waals surface area contributed by atoms with Crippen LogP contribution in [0.2, 0.25) is 0 Å². The average Bonchev–Trinajstić information content (AvgIpc) is 3.32. The first-order chi connectivity index (χ1) is 18.2. The topological polar surface area (TPSA) is 131 Å². The number of hydrogen-bond acceptors (Lipinski definition) is 9. The van der Waals surface area contributed by atoms with E-state index >= 15 is 0 Å². The van der Waals surface area contributed by atoms with Crippen LogP contribution in [0.4, 0.5) is 0 Å². The minimum Gasteiger partial charge on any atom is -0.507 e. The number of rotatable bonds is 15. The Morgan fingerprint density at radius 3 is 2.58 bits per heavy atom. The molecule has 6 N–H and O–H groups in total. The van der Waals surface area contributed by atoms with E-state index in [2.05, 4.69) is 64.5 Å². The number of hydrazine groups is 1. The molecule has 0 radical (unpaired) electrons. The van der Waals surface area contributed by atoms with Gasteiger partial charge >= 0.3 is 0 Å². The van der Waals surface area contributed by atoms with Crippen LogP contribution < -0.4 is 21.6 Å². The number of phenols is 1. The Morgan fingerprint density at radius 2 is 1.84 bits per heavy atom. The lowest BCUT2D eigenvalue weighted by molar-refractivity contribution is 0.260. The molecule has 0 aliphatic carbocycles. The third kappa shape index (κ3) is 10.3. The van der Waals surface area contributed by atoms with Gasteiger partial charge in [0.2, 0.25) is 0 Å². The van der Waals surface area contributed by atoms with E-state index in [1.54, 1.807) is 17.3 Å². The van der Waals surface area contributed by atoms with Crippen LogP contribution in [0, 0.1) is 0 Å². The van der Waals surface area contributed by atoms with Gasteiger partial charge in [-0.15, -0.1) is 5.10 Å². The van der Waals surface area contributed by atoms with Crippen molar-refractivity contribution in [2.45, 2.75) is 25.9 Å². The summed E-state index contributed by atoms with van der Waals surface area (Å²) in [7, 11) is 4.05. The zero-order valence-electron chi connectivity index (χ0n) is 21.8. The third-order valence-electron chi connectivity index (χ3n) is 5.65. The Balaban J connectivity index is 1.37. The van der Waals surface area contributed by atoms with Gasteiger partial charge in [-0.1, -0.05) is 17.3 Å². The Bertz CT molecular complexity index is 1200. The number of aromatic nitrogens is 3. The van der Waals surface area contributed by atoms with Crippen LogP contribution in [0.5, 0.6) is 11.5 Å². The number of hydrogen-bond donors (Lipinski definition) is 4. The van der Waals surface area contributed by atoms with Crippen molar-refractivity contribution in [2.75, 3.05) is 40.3 Å². The normalized spacial score (nSPS) is 11.8. The monoisotopic (exact) mass is 650 g/mol. The SMILES string of the molecule is CN(C)CCOc1ccc(CCn2cc(CNC/C(N)=C/N(N)CCc3ccc(O)c(Br)c3)nn2)cc1Br. The first-order valence-electron chi connectivity index (χ1n) is 12.3. The van der Waals surface area contributed by atoms with E-state index in [0.717, 1.165) is 47.4 Å². The molecule has 3 aromatic rings. The number of nitrogens with two attached hydrogens (primary N) is 2. The largest absolute Gasteiger partial charge is 0.507 e. The molecule has 2 aromatic carbocycles. The molecule has 38 heavy (non-hydrogen) atoms. The molecule has 10 nitrogen and oxygen atoms in total. The smallest absolute Gasteiger partial charge is 0.133 e. The molecule has 0 saturated heterocycles.